The number of hydrogen-bond donors (Lipinski definition) is 1. The minimum absolute atomic E-state index is 0.173. The molecule has 4 aromatic carbocycles. The molecule has 0 aliphatic carbocycles. The monoisotopic (exact) mass is 475 g/mol. The van der Waals surface area contributed by atoms with Crippen LogP contribution in [0, 0.1) is 0 Å². The Bertz CT molecular complexity index is 1560. The van der Waals surface area contributed by atoms with Crippen molar-refractivity contribution in [3.8, 4) is 33.6 Å². The second kappa shape index (κ2) is 9.92. The summed E-state index contributed by atoms with van der Waals surface area (Å²) in [7, 11) is 0. The molecule has 0 radical (unpaired) electrons. The van der Waals surface area contributed by atoms with Gasteiger partial charge in [0, 0.05) is 39.0 Å². The first kappa shape index (κ1) is 22.5. The largest absolute Gasteiger partial charge is 0.323 e. The van der Waals surface area contributed by atoms with Gasteiger partial charge in [-0.05, 0) is 54.5 Å². The van der Waals surface area contributed by atoms with Crippen molar-refractivity contribution in [2.45, 2.75) is 6.92 Å². The van der Waals surface area contributed by atoms with E-state index >= 15 is 0 Å². The quantitative estimate of drug-likeness (QED) is 0.264. The standard InChI is InChI=1S/C30H22ClN3O/c1-2-9-28(35)33-24-13-8-12-21(17-24)26-18-22(25-14-6-7-15-27(25)31)16-23-19-32-30(34-29(23)26)20-10-4-3-5-11-20/h2-19H,1H3,(H,33,35)/b9-2+. The van der Waals surface area contributed by atoms with Crippen molar-refractivity contribution in [1.82, 2.24) is 9.97 Å². The number of carbonyl (C=O) groups excluding carboxylic acids is 1. The van der Waals surface area contributed by atoms with Crippen molar-refractivity contribution in [1.29, 1.82) is 0 Å². The molecule has 5 rings (SSSR count). The fourth-order valence-electron chi connectivity index (χ4n) is 4.04. The Labute approximate surface area is 209 Å². The number of aromatic nitrogens is 2. The van der Waals surface area contributed by atoms with Gasteiger partial charge in [-0.1, -0.05) is 78.3 Å². The average molecular weight is 476 g/mol. The maximum atomic E-state index is 12.1. The van der Waals surface area contributed by atoms with Gasteiger partial charge in [0.05, 0.1) is 5.52 Å². The molecule has 0 spiro atoms. The van der Waals surface area contributed by atoms with Crippen LogP contribution >= 0.6 is 11.6 Å². The summed E-state index contributed by atoms with van der Waals surface area (Å²) in [6, 6.07) is 29.6. The van der Waals surface area contributed by atoms with Crippen LogP contribution in [0.5, 0.6) is 0 Å². The van der Waals surface area contributed by atoms with E-state index in [0.29, 0.717) is 16.5 Å². The summed E-state index contributed by atoms with van der Waals surface area (Å²) >= 11 is 6.54. The summed E-state index contributed by atoms with van der Waals surface area (Å²) in [5.74, 6) is 0.482. The normalized spacial score (nSPS) is 11.1. The first-order valence-electron chi connectivity index (χ1n) is 11.3. The van der Waals surface area contributed by atoms with Gasteiger partial charge in [0.25, 0.3) is 0 Å². The summed E-state index contributed by atoms with van der Waals surface area (Å²) in [6.07, 6.45) is 5.06. The molecule has 0 unspecified atom stereocenters. The van der Waals surface area contributed by atoms with Gasteiger partial charge in [-0.15, -0.1) is 0 Å². The van der Waals surface area contributed by atoms with Crippen molar-refractivity contribution in [2.75, 3.05) is 5.32 Å². The molecule has 0 fully saturated rings. The lowest BCUT2D eigenvalue weighted by Gasteiger charge is -2.13. The average Bonchev–Trinajstić information content (AvgIpc) is 2.89. The Balaban J connectivity index is 1.72. The molecular weight excluding hydrogens is 454 g/mol. The van der Waals surface area contributed by atoms with E-state index in [1.807, 2.05) is 92.0 Å². The van der Waals surface area contributed by atoms with Gasteiger partial charge in [-0.2, -0.15) is 0 Å². The van der Waals surface area contributed by atoms with E-state index in [-0.39, 0.29) is 5.91 Å². The first-order valence-corrected chi connectivity index (χ1v) is 11.7. The van der Waals surface area contributed by atoms with Crippen LogP contribution in [0.4, 0.5) is 5.69 Å². The lowest BCUT2D eigenvalue weighted by atomic mass is 9.95. The summed E-state index contributed by atoms with van der Waals surface area (Å²) in [6.45, 7) is 1.81. The van der Waals surface area contributed by atoms with E-state index in [1.54, 1.807) is 6.08 Å². The molecule has 170 valence electrons. The Morgan fingerprint density at radius 1 is 0.829 bits per heavy atom. The van der Waals surface area contributed by atoms with Crippen molar-refractivity contribution in [3.63, 3.8) is 0 Å². The van der Waals surface area contributed by atoms with Crippen molar-refractivity contribution >= 4 is 34.1 Å². The Morgan fingerprint density at radius 2 is 1.60 bits per heavy atom. The summed E-state index contributed by atoms with van der Waals surface area (Å²) in [4.78, 5) is 21.7. The highest BCUT2D eigenvalue weighted by Crippen LogP contribution is 2.37. The molecule has 0 saturated carbocycles. The van der Waals surface area contributed by atoms with Crippen molar-refractivity contribution in [2.24, 2.45) is 0 Å². The molecule has 35 heavy (non-hydrogen) atoms. The van der Waals surface area contributed by atoms with Crippen LogP contribution in [-0.2, 0) is 4.79 Å². The number of rotatable bonds is 5. The molecule has 4 nitrogen and oxygen atoms in total. The Kier molecular flexibility index (Phi) is 6.38. The molecular formula is C30H22ClN3O. The zero-order valence-electron chi connectivity index (χ0n) is 19.1. The first-order chi connectivity index (χ1) is 17.1. The fourth-order valence-corrected chi connectivity index (χ4v) is 4.29. The number of allylic oxidation sites excluding steroid dienone is 1. The number of carbonyl (C=O) groups is 1. The highest BCUT2D eigenvalue weighted by molar-refractivity contribution is 6.33. The van der Waals surface area contributed by atoms with Crippen LogP contribution in [0.25, 0.3) is 44.5 Å². The van der Waals surface area contributed by atoms with E-state index in [9.17, 15) is 4.79 Å². The molecule has 1 aromatic heterocycles. The highest BCUT2D eigenvalue weighted by Gasteiger charge is 2.14. The van der Waals surface area contributed by atoms with Crippen LogP contribution in [0.15, 0.2) is 109 Å². The molecule has 0 bridgehead atoms. The number of fused-ring (bicyclic) bond motifs is 1. The third kappa shape index (κ3) is 4.84. The predicted octanol–water partition coefficient (Wildman–Crippen LogP) is 7.80. The molecule has 0 atom stereocenters. The van der Waals surface area contributed by atoms with Gasteiger partial charge in [0.2, 0.25) is 5.91 Å². The maximum Gasteiger partial charge on any atom is 0.248 e. The van der Waals surface area contributed by atoms with Gasteiger partial charge in [0.1, 0.15) is 0 Å². The van der Waals surface area contributed by atoms with E-state index in [4.69, 9.17) is 16.6 Å². The molecule has 5 heteroatoms. The highest BCUT2D eigenvalue weighted by atomic mass is 35.5. The SMILES string of the molecule is C/C=C/C(=O)Nc1cccc(-c2cc(-c3ccccc3Cl)cc3cnc(-c4ccccc4)nc23)c1. The second-order valence-electron chi connectivity index (χ2n) is 8.07. The van der Waals surface area contributed by atoms with E-state index in [0.717, 1.165) is 38.7 Å². The summed E-state index contributed by atoms with van der Waals surface area (Å²) in [5, 5.41) is 4.49. The van der Waals surface area contributed by atoms with Gasteiger partial charge in [0.15, 0.2) is 5.82 Å². The summed E-state index contributed by atoms with van der Waals surface area (Å²) in [5.41, 5.74) is 6.24. The molecule has 0 saturated heterocycles. The van der Waals surface area contributed by atoms with E-state index in [2.05, 4.69) is 22.4 Å². The van der Waals surface area contributed by atoms with Crippen LogP contribution in [0.3, 0.4) is 0 Å². The number of anilines is 1. The van der Waals surface area contributed by atoms with Gasteiger partial charge < -0.3 is 5.32 Å². The molecule has 0 aliphatic heterocycles. The number of nitrogens with one attached hydrogen (secondary N) is 1. The zero-order valence-corrected chi connectivity index (χ0v) is 19.8. The smallest absolute Gasteiger partial charge is 0.248 e. The van der Waals surface area contributed by atoms with E-state index < -0.39 is 0 Å². The zero-order chi connectivity index (χ0) is 24.2. The Hall–Kier alpha value is -4.28. The number of nitrogens with zero attached hydrogens (tertiary/aromatic N) is 2. The van der Waals surface area contributed by atoms with Crippen LogP contribution in [-0.4, -0.2) is 15.9 Å². The number of amides is 1. The predicted molar refractivity (Wildman–Crippen MR) is 144 cm³/mol. The van der Waals surface area contributed by atoms with Crippen LogP contribution in [0.1, 0.15) is 6.92 Å². The number of benzene rings is 4. The summed E-state index contributed by atoms with van der Waals surface area (Å²) < 4.78 is 0. The van der Waals surface area contributed by atoms with Gasteiger partial charge in [-0.25, -0.2) is 9.97 Å². The molecule has 1 amide bonds. The van der Waals surface area contributed by atoms with Crippen LogP contribution in [0.2, 0.25) is 5.02 Å². The van der Waals surface area contributed by atoms with Gasteiger partial charge >= 0.3 is 0 Å². The van der Waals surface area contributed by atoms with E-state index in [1.165, 1.54) is 6.08 Å². The maximum absolute atomic E-state index is 12.1. The van der Waals surface area contributed by atoms with Crippen LogP contribution < -0.4 is 5.32 Å². The third-order valence-electron chi connectivity index (χ3n) is 5.66. The topological polar surface area (TPSA) is 54.9 Å². The third-order valence-corrected chi connectivity index (χ3v) is 5.99. The molecule has 0 aliphatic rings. The minimum Gasteiger partial charge on any atom is -0.323 e. The number of halogens is 1. The lowest BCUT2D eigenvalue weighted by Crippen LogP contribution is -2.07. The second-order valence-corrected chi connectivity index (χ2v) is 8.48. The fraction of sp³-hybridized carbons (Fsp3) is 0.0333. The minimum atomic E-state index is -0.173. The molecule has 5 aromatic rings. The molecule has 1 N–H and O–H groups in total. The molecule has 1 heterocycles. The lowest BCUT2D eigenvalue weighted by molar-refractivity contribution is -0.111. The Morgan fingerprint density at radius 3 is 2.40 bits per heavy atom. The number of hydrogen-bond acceptors (Lipinski definition) is 3. The van der Waals surface area contributed by atoms with Gasteiger partial charge in [-0.3, -0.25) is 4.79 Å². The van der Waals surface area contributed by atoms with Crippen molar-refractivity contribution < 1.29 is 4.79 Å². The van der Waals surface area contributed by atoms with Crippen molar-refractivity contribution in [3.05, 3.63) is 114 Å².